The first-order valence-electron chi connectivity index (χ1n) is 16.1. The second-order valence-corrected chi connectivity index (χ2v) is 11.5. The average Bonchev–Trinajstić information content (AvgIpc) is 3.19. The van der Waals surface area contributed by atoms with Crippen LogP contribution in [0.3, 0.4) is 0 Å². The van der Waals surface area contributed by atoms with Crippen molar-refractivity contribution in [1.29, 1.82) is 0 Å². The summed E-state index contributed by atoms with van der Waals surface area (Å²) >= 11 is 0. The van der Waals surface area contributed by atoms with Gasteiger partial charge in [-0.2, -0.15) is 4.89 Å². The second-order valence-electron chi connectivity index (χ2n) is 11.5. The number of rotatable bonds is 14. The van der Waals surface area contributed by atoms with E-state index in [4.69, 9.17) is 39.9 Å². The number of terminal acetylenes is 1. The molecular weight excluding hydrogens is 712 g/mol. The molecule has 13 nitrogen and oxygen atoms in total. The Kier molecular flexibility index (Phi) is 12.4. The predicted molar refractivity (Wildman–Crippen MR) is 193 cm³/mol. The quantitative estimate of drug-likeness (QED) is 0.0408. The topological polar surface area (TPSA) is 173 Å². The molecule has 0 spiro atoms. The fourth-order valence-electron chi connectivity index (χ4n) is 5.25. The van der Waals surface area contributed by atoms with Crippen molar-refractivity contribution in [3.8, 4) is 53.5 Å². The molecule has 2 N–H and O–H groups in total. The zero-order chi connectivity index (χ0) is 39.4. The minimum absolute atomic E-state index is 0.0386. The summed E-state index contributed by atoms with van der Waals surface area (Å²) in [6.07, 6.45) is 11.9. The van der Waals surface area contributed by atoms with E-state index in [1.54, 1.807) is 67.6 Å². The van der Waals surface area contributed by atoms with Crippen molar-refractivity contribution in [2.45, 2.75) is 18.9 Å². The molecule has 5 aromatic carbocycles. The third-order valence-electron chi connectivity index (χ3n) is 8.08. The van der Waals surface area contributed by atoms with Crippen LogP contribution in [0.2, 0.25) is 0 Å². The molecule has 1 atom stereocenters. The molecule has 0 heterocycles. The summed E-state index contributed by atoms with van der Waals surface area (Å²) in [6, 6.07) is 29.1. The number of carbonyl (C=O) groups excluding carboxylic acids is 2. The Morgan fingerprint density at radius 2 is 1.18 bits per heavy atom. The average molecular weight is 743 g/mol. The fourth-order valence-corrected chi connectivity index (χ4v) is 5.25. The van der Waals surface area contributed by atoms with Gasteiger partial charge in [-0.15, -0.1) is 0 Å². The lowest BCUT2D eigenvalue weighted by molar-refractivity contribution is -0.217. The van der Waals surface area contributed by atoms with E-state index in [0.717, 1.165) is 6.07 Å². The third-order valence-corrected chi connectivity index (χ3v) is 8.08. The Hall–Kier alpha value is -7.74. The van der Waals surface area contributed by atoms with Crippen LogP contribution in [-0.2, 0) is 26.4 Å². The molecule has 0 bridgehead atoms. The van der Waals surface area contributed by atoms with Gasteiger partial charge >= 0.3 is 23.9 Å². The summed E-state index contributed by atoms with van der Waals surface area (Å²) in [5, 5.41) is 19.2. The van der Waals surface area contributed by atoms with Crippen LogP contribution in [-0.4, -0.2) is 41.2 Å². The maximum absolute atomic E-state index is 13.2. The van der Waals surface area contributed by atoms with Crippen molar-refractivity contribution in [2.24, 2.45) is 0 Å². The van der Waals surface area contributed by atoms with Gasteiger partial charge in [-0.25, -0.2) is 14.4 Å². The standard InChI is InChI=1S/C42H30O13/c1-4-50-34-19-21-36(39(45)46)37(25-34)40(47)54-31-14-10-28(11-15-31)42(2,41(48)49-3)29-12-16-32(17-13-29)55-53-26-27-24-33(18-20-35(27)38(43)44)52-23-22-51-30-8-6-5-7-9-30/h1,5-21,24-25H,26H2,2-3H3,(H,43,44)(H,45,46). The van der Waals surface area contributed by atoms with E-state index in [-0.39, 0.29) is 51.9 Å². The van der Waals surface area contributed by atoms with Gasteiger partial charge in [0.15, 0.2) is 18.0 Å². The van der Waals surface area contributed by atoms with Crippen LogP contribution in [0.25, 0.3) is 0 Å². The van der Waals surface area contributed by atoms with Crippen LogP contribution in [0.1, 0.15) is 54.7 Å². The highest BCUT2D eigenvalue weighted by atomic mass is 17.2. The van der Waals surface area contributed by atoms with Crippen LogP contribution in [0, 0.1) is 24.7 Å². The van der Waals surface area contributed by atoms with Gasteiger partial charge in [-0.05, 0) is 90.8 Å². The predicted octanol–water partition coefficient (Wildman–Crippen LogP) is 6.64. The Morgan fingerprint density at radius 3 is 1.76 bits per heavy atom. The Labute approximate surface area is 314 Å². The molecule has 0 aromatic heterocycles. The van der Waals surface area contributed by atoms with Gasteiger partial charge in [0.2, 0.25) is 0 Å². The molecule has 0 fully saturated rings. The van der Waals surface area contributed by atoms with E-state index in [1.165, 1.54) is 49.6 Å². The number of aromatic carboxylic acids is 2. The molecule has 55 heavy (non-hydrogen) atoms. The normalized spacial score (nSPS) is 11.3. The van der Waals surface area contributed by atoms with E-state index in [2.05, 4.69) is 12.2 Å². The largest absolute Gasteiger partial charge is 0.478 e. The highest BCUT2D eigenvalue weighted by molar-refractivity contribution is 6.03. The number of carboxylic acid groups (broad SMARTS) is 2. The van der Waals surface area contributed by atoms with Crippen LogP contribution in [0.15, 0.2) is 115 Å². The highest BCUT2D eigenvalue weighted by Crippen LogP contribution is 2.35. The number of esters is 2. The number of ether oxygens (including phenoxy) is 5. The van der Waals surface area contributed by atoms with Gasteiger partial charge in [0.25, 0.3) is 0 Å². The minimum atomic E-state index is -1.35. The number of carboxylic acids is 2. The molecule has 13 heteroatoms. The SMILES string of the molecule is C#COc1ccc(C(=O)O)c(C(=O)Oc2ccc(C(C)(C(=O)OC)c3ccc(OOCc4cc(OC#COc5ccccc5)ccc4C(=O)O)cc3)cc2)c1. The van der Waals surface area contributed by atoms with Gasteiger partial charge in [0.05, 0.1) is 23.8 Å². The summed E-state index contributed by atoms with van der Waals surface area (Å²) < 4.78 is 26.2. The lowest BCUT2D eigenvalue weighted by Crippen LogP contribution is -2.35. The number of hydrogen-bond acceptors (Lipinski definition) is 11. The molecule has 0 aliphatic rings. The van der Waals surface area contributed by atoms with Crippen LogP contribution in [0.4, 0.5) is 0 Å². The van der Waals surface area contributed by atoms with E-state index < -0.39 is 29.3 Å². The third kappa shape index (κ3) is 9.39. The van der Waals surface area contributed by atoms with Gasteiger partial charge < -0.3 is 38.8 Å². The molecule has 0 radical (unpaired) electrons. The van der Waals surface area contributed by atoms with Crippen molar-refractivity contribution >= 4 is 23.9 Å². The molecular formula is C42H30O13. The molecule has 0 saturated heterocycles. The van der Waals surface area contributed by atoms with Gasteiger partial charge in [-0.1, -0.05) is 48.9 Å². The van der Waals surface area contributed by atoms with E-state index in [0.29, 0.717) is 16.9 Å². The molecule has 0 amide bonds. The van der Waals surface area contributed by atoms with Crippen LogP contribution in [0.5, 0.6) is 28.7 Å². The summed E-state index contributed by atoms with van der Waals surface area (Å²) in [5.74, 6) is -2.95. The molecule has 5 rings (SSSR count). The maximum Gasteiger partial charge on any atom is 0.344 e. The smallest absolute Gasteiger partial charge is 0.344 e. The lowest BCUT2D eigenvalue weighted by Gasteiger charge is -2.28. The Balaban J connectivity index is 1.26. The molecule has 1 unspecified atom stereocenters. The Morgan fingerprint density at radius 1 is 0.636 bits per heavy atom. The summed E-state index contributed by atoms with van der Waals surface area (Å²) in [7, 11) is 1.25. The van der Waals surface area contributed by atoms with Crippen LogP contribution >= 0.6 is 0 Å². The minimum Gasteiger partial charge on any atom is -0.478 e. The van der Waals surface area contributed by atoms with Crippen molar-refractivity contribution in [2.75, 3.05) is 7.11 Å². The number of para-hydroxylation sites is 1. The molecule has 0 aliphatic heterocycles. The van der Waals surface area contributed by atoms with E-state index >= 15 is 0 Å². The number of benzene rings is 5. The number of methoxy groups -OCH3 is 1. The monoisotopic (exact) mass is 742 g/mol. The van der Waals surface area contributed by atoms with Gasteiger partial charge in [0, 0.05) is 5.56 Å². The lowest BCUT2D eigenvalue weighted by atomic mass is 9.76. The van der Waals surface area contributed by atoms with Crippen molar-refractivity contribution in [1.82, 2.24) is 0 Å². The van der Waals surface area contributed by atoms with Crippen LogP contribution < -0.4 is 23.8 Å². The van der Waals surface area contributed by atoms with E-state index in [9.17, 15) is 29.4 Å². The zero-order valence-corrected chi connectivity index (χ0v) is 29.1. The summed E-state index contributed by atoms with van der Waals surface area (Å²) in [6.45, 7) is 1.37. The van der Waals surface area contributed by atoms with Crippen molar-refractivity contribution in [3.05, 3.63) is 149 Å². The highest BCUT2D eigenvalue weighted by Gasteiger charge is 2.38. The van der Waals surface area contributed by atoms with Gasteiger partial charge in [0.1, 0.15) is 41.1 Å². The fraction of sp³-hybridized carbons (Fsp3) is 0.0952. The van der Waals surface area contributed by atoms with Crippen molar-refractivity contribution in [3.63, 3.8) is 0 Å². The maximum atomic E-state index is 13.2. The Bertz CT molecular complexity index is 2300. The number of carbonyl (C=O) groups is 4. The summed E-state index contributed by atoms with van der Waals surface area (Å²) in [5.41, 5.74) is -0.766. The number of hydrogen-bond donors (Lipinski definition) is 2. The first kappa shape index (κ1) is 38.5. The van der Waals surface area contributed by atoms with E-state index in [1.807, 2.05) is 12.2 Å². The van der Waals surface area contributed by atoms with Crippen molar-refractivity contribution < 1.29 is 62.9 Å². The molecule has 5 aromatic rings. The second kappa shape index (κ2) is 17.7. The summed E-state index contributed by atoms with van der Waals surface area (Å²) in [4.78, 5) is 60.5. The zero-order valence-electron chi connectivity index (χ0n) is 29.1. The molecule has 0 aliphatic carbocycles. The first-order chi connectivity index (χ1) is 26.5. The molecule has 0 saturated carbocycles. The van der Waals surface area contributed by atoms with Gasteiger partial charge in [-0.3, -0.25) is 4.79 Å². The molecule has 276 valence electrons. The first-order valence-corrected chi connectivity index (χ1v) is 16.1.